The predicted molar refractivity (Wildman–Crippen MR) is 109 cm³/mol. The molecule has 0 bridgehead atoms. The van der Waals surface area contributed by atoms with E-state index < -0.39 is 0 Å². The Labute approximate surface area is 157 Å². The van der Waals surface area contributed by atoms with Gasteiger partial charge in [-0.25, -0.2) is 0 Å². The minimum Gasteiger partial charge on any atom is -0.399 e. The minimum absolute atomic E-state index is 0.0627. The molecule has 0 radical (unpaired) electrons. The van der Waals surface area contributed by atoms with Crippen LogP contribution in [0.15, 0.2) is 78.9 Å². The van der Waals surface area contributed by atoms with Gasteiger partial charge in [0.15, 0.2) is 5.78 Å². The number of nitrogens with one attached hydrogen (secondary N) is 1. The van der Waals surface area contributed by atoms with Crippen LogP contribution in [0.5, 0.6) is 0 Å². The maximum atomic E-state index is 12.3. The molecule has 5 nitrogen and oxygen atoms in total. The van der Waals surface area contributed by atoms with Crippen molar-refractivity contribution in [1.29, 1.82) is 0 Å². The van der Waals surface area contributed by atoms with Crippen molar-refractivity contribution >= 4 is 34.8 Å². The number of allylic oxidation sites excluding steroid dienone is 1. The van der Waals surface area contributed by atoms with Crippen LogP contribution in [-0.2, 0) is 0 Å². The molecule has 0 fully saturated rings. The Morgan fingerprint density at radius 3 is 2.04 bits per heavy atom. The average molecular weight is 357 g/mol. The Bertz CT molecular complexity index is 974. The summed E-state index contributed by atoms with van der Waals surface area (Å²) in [6.07, 6.45) is 3.26. The molecule has 0 atom stereocenters. The van der Waals surface area contributed by atoms with Crippen molar-refractivity contribution in [3.63, 3.8) is 0 Å². The molecule has 27 heavy (non-hydrogen) atoms. The highest BCUT2D eigenvalue weighted by atomic mass is 16.1. The molecule has 1 amide bonds. The normalized spacial score (nSPS) is 10.7. The molecule has 5 heteroatoms. The molecule has 0 heterocycles. The number of ketones is 1. The fourth-order valence-corrected chi connectivity index (χ4v) is 2.56. The van der Waals surface area contributed by atoms with Gasteiger partial charge in [-0.3, -0.25) is 9.59 Å². The van der Waals surface area contributed by atoms with E-state index in [9.17, 15) is 9.59 Å². The Balaban J connectivity index is 1.65. The molecule has 0 saturated heterocycles. The van der Waals surface area contributed by atoms with Gasteiger partial charge in [0.25, 0.3) is 5.91 Å². The number of amides is 1. The van der Waals surface area contributed by atoms with Gasteiger partial charge in [0.05, 0.1) is 0 Å². The van der Waals surface area contributed by atoms with E-state index in [4.69, 9.17) is 11.5 Å². The van der Waals surface area contributed by atoms with E-state index in [0.717, 1.165) is 5.56 Å². The summed E-state index contributed by atoms with van der Waals surface area (Å²) in [5, 5.41) is 2.79. The number of anilines is 3. The molecule has 3 aromatic rings. The van der Waals surface area contributed by atoms with Gasteiger partial charge in [-0.2, -0.15) is 0 Å². The Kier molecular flexibility index (Phi) is 5.33. The zero-order valence-corrected chi connectivity index (χ0v) is 14.6. The van der Waals surface area contributed by atoms with Gasteiger partial charge in [0.2, 0.25) is 0 Å². The fourth-order valence-electron chi connectivity index (χ4n) is 2.56. The number of rotatable bonds is 5. The zero-order chi connectivity index (χ0) is 19.2. The molecule has 5 N–H and O–H groups in total. The lowest BCUT2D eigenvalue weighted by Gasteiger charge is -2.07. The highest BCUT2D eigenvalue weighted by Gasteiger charge is 2.08. The molecule has 0 spiro atoms. The van der Waals surface area contributed by atoms with Crippen molar-refractivity contribution in [3.05, 3.63) is 95.6 Å². The van der Waals surface area contributed by atoms with Crippen LogP contribution >= 0.6 is 0 Å². The van der Waals surface area contributed by atoms with Gasteiger partial charge in [-0.05, 0) is 42.0 Å². The van der Waals surface area contributed by atoms with Gasteiger partial charge in [-0.1, -0.05) is 48.5 Å². The predicted octanol–water partition coefficient (Wildman–Crippen LogP) is 4.00. The summed E-state index contributed by atoms with van der Waals surface area (Å²) in [6.45, 7) is 0. The van der Waals surface area contributed by atoms with Crippen LogP contribution in [0, 0.1) is 0 Å². The number of nitrogens with two attached hydrogens (primary N) is 2. The lowest BCUT2D eigenvalue weighted by molar-refractivity contribution is 0.102. The largest absolute Gasteiger partial charge is 0.399 e. The SMILES string of the molecule is Nc1cc(N)cc(C(=O)Nc2ccc(/C=C\C(=O)c3ccccc3)cc2)c1. The van der Waals surface area contributed by atoms with Gasteiger partial charge < -0.3 is 16.8 Å². The van der Waals surface area contributed by atoms with Crippen molar-refractivity contribution in [1.82, 2.24) is 0 Å². The second-order valence-corrected chi connectivity index (χ2v) is 6.03. The third-order valence-electron chi connectivity index (χ3n) is 3.89. The molecule has 3 rings (SSSR count). The summed E-state index contributed by atoms with van der Waals surface area (Å²) < 4.78 is 0. The van der Waals surface area contributed by atoms with Crippen LogP contribution in [0.1, 0.15) is 26.3 Å². The van der Waals surface area contributed by atoms with E-state index in [2.05, 4.69) is 5.32 Å². The highest BCUT2D eigenvalue weighted by molar-refractivity contribution is 6.07. The van der Waals surface area contributed by atoms with E-state index in [1.165, 1.54) is 6.08 Å². The maximum absolute atomic E-state index is 12.3. The molecule has 3 aromatic carbocycles. The first kappa shape index (κ1) is 17.9. The van der Waals surface area contributed by atoms with Crippen molar-refractivity contribution in [2.75, 3.05) is 16.8 Å². The average Bonchev–Trinajstić information content (AvgIpc) is 2.67. The second kappa shape index (κ2) is 8.01. The molecule has 0 aliphatic carbocycles. The number of nitrogen functional groups attached to an aromatic ring is 2. The Morgan fingerprint density at radius 2 is 1.41 bits per heavy atom. The van der Waals surface area contributed by atoms with E-state index in [1.807, 2.05) is 30.3 Å². The van der Waals surface area contributed by atoms with E-state index in [-0.39, 0.29) is 11.7 Å². The van der Waals surface area contributed by atoms with E-state index >= 15 is 0 Å². The summed E-state index contributed by atoms with van der Waals surface area (Å²) in [5.41, 5.74) is 14.8. The third-order valence-corrected chi connectivity index (χ3v) is 3.89. The van der Waals surface area contributed by atoms with E-state index in [1.54, 1.807) is 48.5 Å². The van der Waals surface area contributed by atoms with Crippen molar-refractivity contribution in [3.8, 4) is 0 Å². The number of carbonyl (C=O) groups is 2. The molecule has 0 aliphatic heterocycles. The monoisotopic (exact) mass is 357 g/mol. The molecule has 134 valence electrons. The standard InChI is InChI=1S/C22H19N3O2/c23-18-12-17(13-19(24)14-18)22(27)25-20-9-6-15(7-10-20)8-11-21(26)16-4-2-1-3-5-16/h1-14H,23-24H2,(H,25,27)/b11-8-. The third kappa shape index (κ3) is 4.83. The summed E-state index contributed by atoms with van der Waals surface area (Å²) in [5.74, 6) is -0.358. The highest BCUT2D eigenvalue weighted by Crippen LogP contribution is 2.17. The summed E-state index contributed by atoms with van der Waals surface area (Å²) >= 11 is 0. The van der Waals surface area contributed by atoms with Crippen molar-refractivity contribution in [2.24, 2.45) is 0 Å². The summed E-state index contributed by atoms with van der Waals surface area (Å²) in [4.78, 5) is 24.4. The smallest absolute Gasteiger partial charge is 0.255 e. The summed E-state index contributed by atoms with van der Waals surface area (Å²) in [7, 11) is 0. The van der Waals surface area contributed by atoms with Gasteiger partial charge in [-0.15, -0.1) is 0 Å². The summed E-state index contributed by atoms with van der Waals surface area (Å²) in [6, 6.07) is 21.0. The van der Waals surface area contributed by atoms with Crippen molar-refractivity contribution < 1.29 is 9.59 Å². The Morgan fingerprint density at radius 1 is 0.778 bits per heavy atom. The quantitative estimate of drug-likeness (QED) is 0.365. The number of hydrogen-bond acceptors (Lipinski definition) is 4. The minimum atomic E-state index is -0.295. The molecular weight excluding hydrogens is 338 g/mol. The number of carbonyl (C=O) groups excluding carboxylic acids is 2. The Hall–Kier alpha value is -3.86. The first-order valence-corrected chi connectivity index (χ1v) is 8.36. The maximum Gasteiger partial charge on any atom is 0.255 e. The first-order valence-electron chi connectivity index (χ1n) is 8.36. The van der Waals surface area contributed by atoms with Gasteiger partial charge >= 0.3 is 0 Å². The molecule has 0 aliphatic rings. The van der Waals surface area contributed by atoms with Gasteiger partial charge in [0, 0.05) is 28.2 Å². The van der Waals surface area contributed by atoms with Crippen LogP contribution in [0.2, 0.25) is 0 Å². The second-order valence-electron chi connectivity index (χ2n) is 6.03. The fraction of sp³-hybridized carbons (Fsp3) is 0. The first-order chi connectivity index (χ1) is 13.0. The van der Waals surface area contributed by atoms with Crippen LogP contribution in [0.4, 0.5) is 17.1 Å². The number of benzene rings is 3. The van der Waals surface area contributed by atoms with Crippen LogP contribution in [-0.4, -0.2) is 11.7 Å². The zero-order valence-electron chi connectivity index (χ0n) is 14.6. The molecule has 0 unspecified atom stereocenters. The molecular formula is C22H19N3O2. The van der Waals surface area contributed by atoms with Crippen LogP contribution in [0.3, 0.4) is 0 Å². The van der Waals surface area contributed by atoms with Crippen LogP contribution < -0.4 is 16.8 Å². The lowest BCUT2D eigenvalue weighted by Crippen LogP contribution is -2.12. The molecule has 0 saturated carbocycles. The van der Waals surface area contributed by atoms with E-state index in [0.29, 0.717) is 28.2 Å². The van der Waals surface area contributed by atoms with Crippen molar-refractivity contribution in [2.45, 2.75) is 0 Å². The van der Waals surface area contributed by atoms with Gasteiger partial charge in [0.1, 0.15) is 0 Å². The topological polar surface area (TPSA) is 98.2 Å². The van der Waals surface area contributed by atoms with Crippen LogP contribution in [0.25, 0.3) is 6.08 Å². The lowest BCUT2D eigenvalue weighted by atomic mass is 10.1. The number of hydrogen-bond donors (Lipinski definition) is 3. The molecule has 0 aromatic heterocycles.